The van der Waals surface area contributed by atoms with Gasteiger partial charge in [-0.05, 0) is 105 Å². The number of halogens is 4. The fraction of sp³-hybridized carbons (Fsp3) is 0.0417. The summed E-state index contributed by atoms with van der Waals surface area (Å²) in [5.41, 5.74) is 0.730. The lowest BCUT2D eigenvalue weighted by atomic mass is 10.1. The first-order valence-electron chi connectivity index (χ1n) is 10.2. The highest BCUT2D eigenvalue weighted by atomic mass is 79.9. The zero-order valence-electron chi connectivity index (χ0n) is 18.6. The Balaban J connectivity index is 1.69. The maximum atomic E-state index is 13.2. The smallest absolute Gasteiger partial charge is 0.339 e. The maximum Gasteiger partial charge on any atom is 0.339 e. The first kappa shape index (κ1) is 27.3. The topological polar surface area (TPSA) is 110 Å². The number of nitrogens with one attached hydrogen (secondary N) is 1. The van der Waals surface area contributed by atoms with Crippen molar-refractivity contribution in [2.24, 2.45) is 0 Å². The van der Waals surface area contributed by atoms with Gasteiger partial charge in [0.1, 0.15) is 10.5 Å². The fourth-order valence-electron chi connectivity index (χ4n) is 3.38. The zero-order chi connectivity index (χ0) is 27.1. The highest BCUT2D eigenvalue weighted by molar-refractivity contribution is 9.11. The molecule has 1 fully saturated rings. The van der Waals surface area contributed by atoms with Crippen molar-refractivity contribution in [1.29, 1.82) is 0 Å². The summed E-state index contributed by atoms with van der Waals surface area (Å²) in [7, 11) is -4.19. The van der Waals surface area contributed by atoms with Gasteiger partial charge in [0.05, 0.1) is 14.6 Å². The van der Waals surface area contributed by atoms with Gasteiger partial charge in [-0.3, -0.25) is 14.9 Å². The summed E-state index contributed by atoms with van der Waals surface area (Å²) in [6, 6.07) is 12.2. The van der Waals surface area contributed by atoms with Crippen molar-refractivity contribution in [2.45, 2.75) is 11.8 Å². The van der Waals surface area contributed by atoms with E-state index in [-0.39, 0.29) is 30.9 Å². The van der Waals surface area contributed by atoms with E-state index in [4.69, 9.17) is 27.4 Å². The molecule has 8 nitrogen and oxygen atoms in total. The van der Waals surface area contributed by atoms with Gasteiger partial charge in [0.15, 0.2) is 5.75 Å². The molecule has 1 heterocycles. The van der Waals surface area contributed by atoms with Crippen LogP contribution < -0.4 is 14.4 Å². The average Bonchev–Trinajstić information content (AvgIpc) is 2.82. The number of imide groups is 2. The van der Waals surface area contributed by atoms with Crippen LogP contribution in [0, 0.1) is 6.92 Å². The minimum Gasteiger partial charge on any atom is -0.377 e. The Morgan fingerprint density at radius 2 is 1.59 bits per heavy atom. The van der Waals surface area contributed by atoms with Crippen molar-refractivity contribution < 1.29 is 27.0 Å². The zero-order valence-corrected chi connectivity index (χ0v) is 24.1. The molecule has 0 aliphatic carbocycles. The van der Waals surface area contributed by atoms with Crippen LogP contribution in [0.4, 0.5) is 10.5 Å². The number of nitrogens with zero attached hydrogens (tertiary/aromatic N) is 1. The van der Waals surface area contributed by atoms with Gasteiger partial charge in [0, 0.05) is 10.0 Å². The Morgan fingerprint density at radius 1 is 0.973 bits per heavy atom. The number of anilines is 1. The van der Waals surface area contributed by atoms with Crippen molar-refractivity contribution in [3.8, 4) is 5.75 Å². The van der Waals surface area contributed by atoms with E-state index in [9.17, 15) is 22.8 Å². The van der Waals surface area contributed by atoms with Gasteiger partial charge >= 0.3 is 16.1 Å². The quantitative estimate of drug-likeness (QED) is 0.193. The van der Waals surface area contributed by atoms with E-state index < -0.39 is 28.0 Å². The molecule has 13 heteroatoms. The minimum absolute atomic E-state index is 0.0529. The molecule has 0 bridgehead atoms. The first-order valence-corrected chi connectivity index (χ1v) is 14.0. The number of benzene rings is 3. The Morgan fingerprint density at radius 3 is 2.22 bits per heavy atom. The van der Waals surface area contributed by atoms with Crippen molar-refractivity contribution in [3.05, 3.63) is 90.3 Å². The third-order valence-corrected chi connectivity index (χ3v) is 8.28. The van der Waals surface area contributed by atoms with Crippen LogP contribution >= 0.6 is 55.1 Å². The number of urea groups is 1. The Labute approximate surface area is 238 Å². The highest BCUT2D eigenvalue weighted by Gasteiger charge is 2.37. The van der Waals surface area contributed by atoms with Crippen molar-refractivity contribution >= 4 is 94.8 Å². The number of barbiturate groups is 1. The Hall–Kier alpha value is -2.70. The van der Waals surface area contributed by atoms with Gasteiger partial charge in [0.25, 0.3) is 11.8 Å². The normalized spacial score (nSPS) is 15.2. The number of rotatable bonds is 5. The molecule has 0 atom stereocenters. The van der Waals surface area contributed by atoms with Gasteiger partial charge in [-0.2, -0.15) is 8.42 Å². The second-order valence-electron chi connectivity index (χ2n) is 7.65. The van der Waals surface area contributed by atoms with Crippen LogP contribution in [-0.4, -0.2) is 26.3 Å². The summed E-state index contributed by atoms with van der Waals surface area (Å²) in [5.74, 6) is -1.79. The molecule has 0 unspecified atom stereocenters. The first-order chi connectivity index (χ1) is 17.4. The molecular formula is C24H14Br2Cl2N2O6S. The molecular weight excluding hydrogens is 675 g/mol. The molecule has 1 aliphatic rings. The van der Waals surface area contributed by atoms with Gasteiger partial charge < -0.3 is 4.18 Å². The third-order valence-electron chi connectivity index (χ3n) is 5.21. The molecule has 0 saturated carbocycles. The molecule has 1 aliphatic heterocycles. The van der Waals surface area contributed by atoms with Gasteiger partial charge in [-0.25, -0.2) is 9.69 Å². The number of hydrogen-bond acceptors (Lipinski definition) is 6. The molecule has 1 saturated heterocycles. The highest BCUT2D eigenvalue weighted by Crippen LogP contribution is 2.38. The van der Waals surface area contributed by atoms with E-state index in [1.807, 2.05) is 0 Å². The fourth-order valence-corrected chi connectivity index (χ4v) is 6.24. The number of carbonyl (C=O) groups is 3. The molecule has 37 heavy (non-hydrogen) atoms. The number of amides is 4. The van der Waals surface area contributed by atoms with Gasteiger partial charge in [0.2, 0.25) is 0 Å². The predicted molar refractivity (Wildman–Crippen MR) is 146 cm³/mol. The Kier molecular flexibility index (Phi) is 7.82. The molecule has 0 aromatic heterocycles. The van der Waals surface area contributed by atoms with Gasteiger partial charge in [-0.15, -0.1) is 0 Å². The van der Waals surface area contributed by atoms with E-state index in [1.165, 1.54) is 48.5 Å². The lowest BCUT2D eigenvalue weighted by Crippen LogP contribution is -2.54. The number of carbonyl (C=O) groups excluding carboxylic acids is 3. The Bertz CT molecular complexity index is 1580. The molecule has 3 aromatic carbocycles. The number of hydrogen-bond donors (Lipinski definition) is 1. The van der Waals surface area contributed by atoms with E-state index in [0.29, 0.717) is 21.2 Å². The SMILES string of the molecule is Cc1c(Cl)cccc1N1C(=O)NC(=O)/C(=C\c2cc(Br)c(OS(=O)(=O)c3ccc(Cl)cc3)c(Br)c2)C1=O. The summed E-state index contributed by atoms with van der Waals surface area (Å²) >= 11 is 18.5. The van der Waals surface area contributed by atoms with E-state index >= 15 is 0 Å². The third kappa shape index (κ3) is 5.60. The van der Waals surface area contributed by atoms with Crippen LogP contribution in [0.5, 0.6) is 5.75 Å². The summed E-state index contributed by atoms with van der Waals surface area (Å²) in [4.78, 5) is 39.0. The van der Waals surface area contributed by atoms with Gasteiger partial charge in [-0.1, -0.05) is 29.3 Å². The predicted octanol–water partition coefficient (Wildman–Crippen LogP) is 6.26. The standard InChI is InChI=1S/C24H14Br2Cl2N2O6S/c1-12-19(28)3-2-4-20(12)30-23(32)16(22(31)29-24(30)33)9-13-10-17(25)21(18(26)11-13)36-37(34,35)15-7-5-14(27)6-8-15/h2-11H,1H3,(H,29,31,33)/b16-9+. The minimum atomic E-state index is -4.19. The summed E-state index contributed by atoms with van der Waals surface area (Å²) in [5, 5.41) is 2.86. The van der Waals surface area contributed by atoms with Crippen LogP contribution in [-0.2, 0) is 19.7 Å². The second kappa shape index (κ2) is 10.6. The largest absolute Gasteiger partial charge is 0.377 e. The maximum absolute atomic E-state index is 13.2. The van der Waals surface area contributed by atoms with Crippen molar-refractivity contribution in [2.75, 3.05) is 4.90 Å². The van der Waals surface area contributed by atoms with Crippen LogP contribution in [0.3, 0.4) is 0 Å². The monoisotopic (exact) mass is 686 g/mol. The average molecular weight is 689 g/mol. The van der Waals surface area contributed by atoms with Crippen LogP contribution in [0.15, 0.2) is 74.0 Å². The summed E-state index contributed by atoms with van der Waals surface area (Å²) < 4.78 is 31.1. The summed E-state index contributed by atoms with van der Waals surface area (Å²) in [6.45, 7) is 1.64. The molecule has 3 aromatic rings. The van der Waals surface area contributed by atoms with Crippen LogP contribution in [0.2, 0.25) is 10.0 Å². The summed E-state index contributed by atoms with van der Waals surface area (Å²) in [6.07, 6.45) is 1.27. The lowest BCUT2D eigenvalue weighted by Gasteiger charge is -2.27. The van der Waals surface area contributed by atoms with E-state index in [1.54, 1.807) is 19.1 Å². The molecule has 4 rings (SSSR count). The van der Waals surface area contributed by atoms with E-state index in [2.05, 4.69) is 37.2 Å². The molecule has 0 radical (unpaired) electrons. The lowest BCUT2D eigenvalue weighted by molar-refractivity contribution is -0.122. The molecule has 4 amide bonds. The molecule has 1 N–H and O–H groups in total. The van der Waals surface area contributed by atoms with Crippen molar-refractivity contribution in [3.63, 3.8) is 0 Å². The second-order valence-corrected chi connectivity index (χ2v) is 11.7. The van der Waals surface area contributed by atoms with E-state index in [0.717, 1.165) is 4.90 Å². The van der Waals surface area contributed by atoms with Crippen molar-refractivity contribution in [1.82, 2.24) is 5.32 Å². The molecule has 0 spiro atoms. The van der Waals surface area contributed by atoms with Crippen LogP contribution in [0.25, 0.3) is 6.08 Å². The molecule has 190 valence electrons. The van der Waals surface area contributed by atoms with Crippen LogP contribution in [0.1, 0.15) is 11.1 Å².